The van der Waals surface area contributed by atoms with Crippen molar-refractivity contribution in [2.24, 2.45) is 0 Å². The number of rotatable bonds is 6. The van der Waals surface area contributed by atoms with Crippen molar-refractivity contribution in [3.63, 3.8) is 0 Å². The molecule has 0 spiro atoms. The number of methoxy groups -OCH3 is 2. The van der Waals surface area contributed by atoms with Crippen LogP contribution in [-0.4, -0.2) is 20.1 Å². The first-order valence-electron chi connectivity index (χ1n) is 7.21. The monoisotopic (exact) mass is 319 g/mol. The van der Waals surface area contributed by atoms with E-state index >= 15 is 0 Å². The van der Waals surface area contributed by atoms with E-state index < -0.39 is 0 Å². The van der Waals surface area contributed by atoms with Crippen LogP contribution in [0.4, 0.5) is 5.69 Å². The first-order chi connectivity index (χ1) is 10.6. The summed E-state index contributed by atoms with van der Waals surface area (Å²) in [6, 6.07) is 7.29. The SMILES string of the molecule is CCCc1cc(C(=O)Nc2cc(OC)cc(OC)c2)sc1C. The Morgan fingerprint density at radius 3 is 2.32 bits per heavy atom. The number of amides is 1. The fourth-order valence-electron chi connectivity index (χ4n) is 2.22. The quantitative estimate of drug-likeness (QED) is 0.864. The van der Waals surface area contributed by atoms with E-state index in [-0.39, 0.29) is 5.91 Å². The second kappa shape index (κ2) is 7.31. The Morgan fingerprint density at radius 1 is 1.14 bits per heavy atom. The lowest BCUT2D eigenvalue weighted by Crippen LogP contribution is -2.10. The maximum Gasteiger partial charge on any atom is 0.265 e. The van der Waals surface area contributed by atoms with E-state index in [2.05, 4.69) is 19.2 Å². The highest BCUT2D eigenvalue weighted by molar-refractivity contribution is 7.14. The van der Waals surface area contributed by atoms with Gasteiger partial charge in [-0.3, -0.25) is 4.79 Å². The molecule has 0 bridgehead atoms. The lowest BCUT2D eigenvalue weighted by molar-refractivity contribution is 0.103. The third-order valence-electron chi connectivity index (χ3n) is 3.37. The van der Waals surface area contributed by atoms with Crippen LogP contribution in [0.2, 0.25) is 0 Å². The molecule has 1 heterocycles. The van der Waals surface area contributed by atoms with Crippen LogP contribution < -0.4 is 14.8 Å². The van der Waals surface area contributed by atoms with Gasteiger partial charge in [0.05, 0.1) is 19.1 Å². The van der Waals surface area contributed by atoms with Crippen molar-refractivity contribution in [2.75, 3.05) is 19.5 Å². The topological polar surface area (TPSA) is 47.6 Å². The van der Waals surface area contributed by atoms with Crippen molar-refractivity contribution in [3.8, 4) is 11.5 Å². The average molecular weight is 319 g/mol. The number of benzene rings is 1. The van der Waals surface area contributed by atoms with Gasteiger partial charge in [0, 0.05) is 28.8 Å². The van der Waals surface area contributed by atoms with E-state index in [4.69, 9.17) is 9.47 Å². The first-order valence-corrected chi connectivity index (χ1v) is 8.02. The number of aryl methyl sites for hydroxylation is 2. The van der Waals surface area contributed by atoms with Crippen LogP contribution in [0.3, 0.4) is 0 Å². The lowest BCUT2D eigenvalue weighted by Gasteiger charge is -2.09. The third kappa shape index (κ3) is 3.80. The predicted molar refractivity (Wildman–Crippen MR) is 90.6 cm³/mol. The third-order valence-corrected chi connectivity index (χ3v) is 4.46. The Labute approximate surface area is 135 Å². The summed E-state index contributed by atoms with van der Waals surface area (Å²) < 4.78 is 10.4. The largest absolute Gasteiger partial charge is 0.497 e. The molecule has 0 aliphatic carbocycles. The highest BCUT2D eigenvalue weighted by atomic mass is 32.1. The predicted octanol–water partition coefficient (Wildman–Crippen LogP) is 4.28. The number of hydrogen-bond donors (Lipinski definition) is 1. The average Bonchev–Trinajstić information content (AvgIpc) is 2.88. The number of anilines is 1. The molecule has 0 aliphatic heterocycles. The van der Waals surface area contributed by atoms with Crippen LogP contribution in [-0.2, 0) is 6.42 Å². The van der Waals surface area contributed by atoms with Gasteiger partial charge in [0.2, 0.25) is 0 Å². The zero-order valence-electron chi connectivity index (χ0n) is 13.4. The van der Waals surface area contributed by atoms with E-state index in [0.717, 1.165) is 17.7 Å². The summed E-state index contributed by atoms with van der Waals surface area (Å²) in [7, 11) is 3.17. The minimum absolute atomic E-state index is 0.106. The minimum Gasteiger partial charge on any atom is -0.497 e. The Hall–Kier alpha value is -2.01. The fourth-order valence-corrected chi connectivity index (χ4v) is 3.19. The first kappa shape index (κ1) is 16.4. The minimum atomic E-state index is -0.106. The van der Waals surface area contributed by atoms with Crippen LogP contribution >= 0.6 is 11.3 Å². The molecule has 0 aliphatic rings. The summed E-state index contributed by atoms with van der Waals surface area (Å²) in [5.41, 5.74) is 1.91. The van der Waals surface area contributed by atoms with E-state index in [0.29, 0.717) is 17.2 Å². The Kier molecular flexibility index (Phi) is 5.44. The molecule has 0 fully saturated rings. The van der Waals surface area contributed by atoms with Gasteiger partial charge in [-0.05, 0) is 25.0 Å². The molecule has 0 saturated carbocycles. The molecule has 0 unspecified atom stereocenters. The molecule has 0 atom stereocenters. The second-order valence-electron chi connectivity index (χ2n) is 5.00. The summed E-state index contributed by atoms with van der Waals surface area (Å²) in [6.07, 6.45) is 2.08. The van der Waals surface area contributed by atoms with Crippen LogP contribution in [0.5, 0.6) is 11.5 Å². The van der Waals surface area contributed by atoms with Crippen LogP contribution in [0, 0.1) is 6.92 Å². The molecule has 1 aromatic carbocycles. The molecule has 2 aromatic rings. The van der Waals surface area contributed by atoms with Gasteiger partial charge < -0.3 is 14.8 Å². The van der Waals surface area contributed by atoms with E-state index in [1.54, 1.807) is 32.4 Å². The smallest absolute Gasteiger partial charge is 0.265 e. The number of ether oxygens (including phenoxy) is 2. The van der Waals surface area contributed by atoms with Crippen LogP contribution in [0.15, 0.2) is 24.3 Å². The van der Waals surface area contributed by atoms with Crippen molar-refractivity contribution < 1.29 is 14.3 Å². The molecule has 22 heavy (non-hydrogen) atoms. The van der Waals surface area contributed by atoms with E-state index in [1.807, 2.05) is 6.07 Å². The number of thiophene rings is 1. The fraction of sp³-hybridized carbons (Fsp3) is 0.353. The molecule has 4 nitrogen and oxygen atoms in total. The molecular weight excluding hydrogens is 298 g/mol. The molecule has 0 radical (unpaired) electrons. The van der Waals surface area contributed by atoms with Gasteiger partial charge in [-0.15, -0.1) is 11.3 Å². The van der Waals surface area contributed by atoms with E-state index in [9.17, 15) is 4.79 Å². The Morgan fingerprint density at radius 2 is 1.77 bits per heavy atom. The second-order valence-corrected chi connectivity index (χ2v) is 6.25. The zero-order chi connectivity index (χ0) is 16.1. The van der Waals surface area contributed by atoms with Crippen LogP contribution in [0.1, 0.15) is 33.5 Å². The van der Waals surface area contributed by atoms with Crippen molar-refractivity contribution in [1.29, 1.82) is 0 Å². The number of hydrogen-bond acceptors (Lipinski definition) is 4. The van der Waals surface area contributed by atoms with Gasteiger partial charge in [-0.25, -0.2) is 0 Å². The molecule has 0 saturated heterocycles. The zero-order valence-corrected chi connectivity index (χ0v) is 14.2. The van der Waals surface area contributed by atoms with E-state index in [1.165, 1.54) is 21.8 Å². The molecular formula is C17H21NO3S. The van der Waals surface area contributed by atoms with Gasteiger partial charge in [0.15, 0.2) is 0 Å². The Bertz CT molecular complexity index is 642. The standard InChI is InChI=1S/C17H21NO3S/c1-5-6-12-7-16(22-11(12)2)17(19)18-13-8-14(20-3)10-15(9-13)21-4/h7-10H,5-6H2,1-4H3,(H,18,19). The number of nitrogens with one attached hydrogen (secondary N) is 1. The van der Waals surface area contributed by atoms with Gasteiger partial charge in [0.1, 0.15) is 11.5 Å². The summed E-state index contributed by atoms with van der Waals surface area (Å²) in [5.74, 6) is 1.18. The lowest BCUT2D eigenvalue weighted by atomic mass is 10.1. The van der Waals surface area contributed by atoms with Crippen molar-refractivity contribution in [1.82, 2.24) is 0 Å². The highest BCUT2D eigenvalue weighted by Gasteiger charge is 2.13. The number of carbonyl (C=O) groups excluding carboxylic acids is 1. The van der Waals surface area contributed by atoms with Crippen molar-refractivity contribution in [3.05, 3.63) is 39.6 Å². The molecule has 5 heteroatoms. The maximum absolute atomic E-state index is 12.4. The van der Waals surface area contributed by atoms with Crippen LogP contribution in [0.25, 0.3) is 0 Å². The number of carbonyl (C=O) groups is 1. The van der Waals surface area contributed by atoms with Gasteiger partial charge in [-0.2, -0.15) is 0 Å². The Balaban J connectivity index is 2.19. The van der Waals surface area contributed by atoms with Gasteiger partial charge in [0.25, 0.3) is 5.91 Å². The molecule has 2 rings (SSSR count). The summed E-state index contributed by atoms with van der Waals surface area (Å²) in [6.45, 7) is 4.19. The molecule has 1 aromatic heterocycles. The molecule has 1 amide bonds. The summed E-state index contributed by atoms with van der Waals surface area (Å²) >= 11 is 1.53. The summed E-state index contributed by atoms with van der Waals surface area (Å²) in [5, 5.41) is 2.90. The van der Waals surface area contributed by atoms with Gasteiger partial charge in [-0.1, -0.05) is 13.3 Å². The molecule has 1 N–H and O–H groups in total. The highest BCUT2D eigenvalue weighted by Crippen LogP contribution is 2.28. The summed E-state index contributed by atoms with van der Waals surface area (Å²) in [4.78, 5) is 14.3. The van der Waals surface area contributed by atoms with Gasteiger partial charge >= 0.3 is 0 Å². The van der Waals surface area contributed by atoms with Crippen molar-refractivity contribution in [2.45, 2.75) is 26.7 Å². The maximum atomic E-state index is 12.4. The molecule has 118 valence electrons. The van der Waals surface area contributed by atoms with Crippen molar-refractivity contribution >= 4 is 22.9 Å². The normalized spacial score (nSPS) is 10.4.